The zero-order valence-electron chi connectivity index (χ0n) is 9.54. The van der Waals surface area contributed by atoms with Gasteiger partial charge in [-0.3, -0.25) is 4.79 Å². The second-order valence-corrected chi connectivity index (χ2v) is 4.59. The van der Waals surface area contributed by atoms with Crippen LogP contribution in [0.2, 0.25) is 0 Å². The highest BCUT2D eigenvalue weighted by molar-refractivity contribution is 5.87. The van der Waals surface area contributed by atoms with Crippen LogP contribution in [0.5, 0.6) is 0 Å². The first-order valence-electron chi connectivity index (χ1n) is 5.92. The maximum absolute atomic E-state index is 12.1. The van der Waals surface area contributed by atoms with E-state index in [4.69, 9.17) is 9.84 Å². The molecule has 2 rings (SSSR count). The van der Waals surface area contributed by atoms with Gasteiger partial charge in [-0.25, -0.2) is 4.79 Å². The van der Waals surface area contributed by atoms with Gasteiger partial charge < -0.3 is 19.8 Å². The minimum absolute atomic E-state index is 0.0929. The molecule has 96 valence electrons. The number of carbonyl (C=O) groups excluding carboxylic acids is 1. The summed E-state index contributed by atoms with van der Waals surface area (Å²) in [6, 6.07) is -0.914. The Hall–Kier alpha value is -1.14. The molecule has 1 amide bonds. The zero-order chi connectivity index (χ0) is 12.4. The van der Waals surface area contributed by atoms with E-state index in [0.29, 0.717) is 13.0 Å². The molecule has 2 fully saturated rings. The van der Waals surface area contributed by atoms with E-state index in [2.05, 4.69) is 0 Å². The molecular formula is C11H17NO5. The number of hydrogen-bond acceptors (Lipinski definition) is 4. The number of hydrogen-bond donors (Lipinski definition) is 2. The molecular weight excluding hydrogens is 226 g/mol. The van der Waals surface area contributed by atoms with Gasteiger partial charge in [-0.15, -0.1) is 0 Å². The first-order valence-corrected chi connectivity index (χ1v) is 5.92. The fourth-order valence-electron chi connectivity index (χ4n) is 2.41. The molecule has 2 saturated heterocycles. The van der Waals surface area contributed by atoms with Crippen LogP contribution in [-0.4, -0.2) is 58.4 Å². The Kier molecular flexibility index (Phi) is 3.63. The Balaban J connectivity index is 2.04. The molecule has 0 aromatic heterocycles. The summed E-state index contributed by atoms with van der Waals surface area (Å²) in [5.74, 6) is -1.36. The Morgan fingerprint density at radius 3 is 2.65 bits per heavy atom. The van der Waals surface area contributed by atoms with Gasteiger partial charge >= 0.3 is 5.97 Å². The summed E-state index contributed by atoms with van der Waals surface area (Å²) in [6.45, 7) is 0.639. The number of nitrogens with zero attached hydrogens (tertiary/aromatic N) is 1. The van der Waals surface area contributed by atoms with Crippen molar-refractivity contribution in [3.05, 3.63) is 0 Å². The lowest BCUT2D eigenvalue weighted by molar-refractivity contribution is -0.155. The molecule has 0 spiro atoms. The van der Waals surface area contributed by atoms with Crippen LogP contribution in [0.3, 0.4) is 0 Å². The standard InChI is InChI=1S/C11H17NO5/c13-7-5-8(11(15)16)12(6-7)10(14)9-3-1-2-4-17-9/h7-9,13H,1-6H2,(H,15,16)/t7-,8+,9?/m1/s1. The quantitative estimate of drug-likeness (QED) is 0.689. The minimum atomic E-state index is -1.06. The number of carbonyl (C=O) groups is 2. The summed E-state index contributed by atoms with van der Waals surface area (Å²) >= 11 is 0. The fraction of sp³-hybridized carbons (Fsp3) is 0.818. The first-order chi connectivity index (χ1) is 8.09. The lowest BCUT2D eigenvalue weighted by atomic mass is 10.1. The third-order valence-electron chi connectivity index (χ3n) is 3.30. The van der Waals surface area contributed by atoms with Crippen molar-refractivity contribution in [3.63, 3.8) is 0 Å². The Morgan fingerprint density at radius 2 is 2.06 bits per heavy atom. The van der Waals surface area contributed by atoms with Crippen molar-refractivity contribution in [1.29, 1.82) is 0 Å². The maximum Gasteiger partial charge on any atom is 0.326 e. The zero-order valence-corrected chi connectivity index (χ0v) is 9.54. The number of carboxylic acids is 1. The number of aliphatic carboxylic acids is 1. The third-order valence-corrected chi connectivity index (χ3v) is 3.30. The van der Waals surface area contributed by atoms with Crippen molar-refractivity contribution in [3.8, 4) is 0 Å². The molecule has 2 heterocycles. The van der Waals surface area contributed by atoms with Crippen LogP contribution in [0, 0.1) is 0 Å². The largest absolute Gasteiger partial charge is 0.480 e. The van der Waals surface area contributed by atoms with E-state index in [-0.39, 0.29) is 18.9 Å². The summed E-state index contributed by atoms with van der Waals surface area (Å²) in [5, 5.41) is 18.5. The monoisotopic (exact) mass is 243 g/mol. The number of carboxylic acid groups (broad SMARTS) is 1. The van der Waals surface area contributed by atoms with Gasteiger partial charge in [0.1, 0.15) is 12.1 Å². The van der Waals surface area contributed by atoms with Crippen molar-refractivity contribution in [2.45, 2.75) is 43.9 Å². The first kappa shape index (κ1) is 12.3. The van der Waals surface area contributed by atoms with Crippen LogP contribution in [0.4, 0.5) is 0 Å². The van der Waals surface area contributed by atoms with Gasteiger partial charge in [0.15, 0.2) is 0 Å². The average molecular weight is 243 g/mol. The molecule has 0 saturated carbocycles. The van der Waals surface area contributed by atoms with Gasteiger partial charge in [-0.05, 0) is 19.3 Å². The Morgan fingerprint density at radius 1 is 1.29 bits per heavy atom. The maximum atomic E-state index is 12.1. The van der Waals surface area contributed by atoms with E-state index in [1.165, 1.54) is 4.90 Å². The smallest absolute Gasteiger partial charge is 0.326 e. The van der Waals surface area contributed by atoms with Crippen molar-refractivity contribution >= 4 is 11.9 Å². The summed E-state index contributed by atoms with van der Waals surface area (Å²) in [7, 11) is 0. The predicted octanol–water partition coefficient (Wildman–Crippen LogP) is -0.398. The topological polar surface area (TPSA) is 87.1 Å². The van der Waals surface area contributed by atoms with Gasteiger partial charge in [0.05, 0.1) is 6.10 Å². The molecule has 6 nitrogen and oxygen atoms in total. The summed E-state index contributed by atoms with van der Waals surface area (Å²) < 4.78 is 5.35. The van der Waals surface area contributed by atoms with Gasteiger partial charge in [-0.1, -0.05) is 0 Å². The SMILES string of the molecule is O=C(O)[C@@H]1C[C@@H](O)CN1C(=O)C1CCCCO1. The van der Waals surface area contributed by atoms with Crippen LogP contribution in [0.15, 0.2) is 0 Å². The number of ether oxygens (including phenoxy) is 1. The van der Waals surface area contributed by atoms with Crippen LogP contribution in [0.1, 0.15) is 25.7 Å². The number of likely N-dealkylation sites (tertiary alicyclic amines) is 1. The molecule has 3 atom stereocenters. The van der Waals surface area contributed by atoms with Crippen LogP contribution < -0.4 is 0 Å². The number of aliphatic hydroxyl groups excluding tert-OH is 1. The second kappa shape index (κ2) is 5.01. The number of rotatable bonds is 2. The fourth-order valence-corrected chi connectivity index (χ4v) is 2.41. The Bertz CT molecular complexity index is 313. The molecule has 0 radical (unpaired) electrons. The van der Waals surface area contributed by atoms with E-state index in [0.717, 1.165) is 12.8 Å². The molecule has 0 bridgehead atoms. The van der Waals surface area contributed by atoms with Crippen molar-refractivity contribution in [2.24, 2.45) is 0 Å². The molecule has 0 aliphatic carbocycles. The van der Waals surface area contributed by atoms with Gasteiger partial charge in [0, 0.05) is 19.6 Å². The molecule has 0 aromatic carbocycles. The summed E-state index contributed by atoms with van der Waals surface area (Å²) in [4.78, 5) is 24.3. The minimum Gasteiger partial charge on any atom is -0.480 e. The van der Waals surface area contributed by atoms with Crippen LogP contribution in [0.25, 0.3) is 0 Å². The van der Waals surface area contributed by atoms with Crippen molar-refractivity contribution in [2.75, 3.05) is 13.2 Å². The molecule has 0 aromatic rings. The van der Waals surface area contributed by atoms with E-state index in [1.807, 2.05) is 0 Å². The highest BCUT2D eigenvalue weighted by Crippen LogP contribution is 2.23. The van der Waals surface area contributed by atoms with Gasteiger partial charge in [-0.2, -0.15) is 0 Å². The second-order valence-electron chi connectivity index (χ2n) is 4.59. The normalized spacial score (nSPS) is 33.7. The molecule has 17 heavy (non-hydrogen) atoms. The van der Waals surface area contributed by atoms with Gasteiger partial charge in [0.2, 0.25) is 0 Å². The molecule has 2 aliphatic heterocycles. The molecule has 2 N–H and O–H groups in total. The highest BCUT2D eigenvalue weighted by atomic mass is 16.5. The highest BCUT2D eigenvalue weighted by Gasteiger charge is 2.41. The number of β-amino-alcohol motifs (C(OH)–C–C–N with tert-alkyl or cyclic N) is 1. The lowest BCUT2D eigenvalue weighted by Gasteiger charge is -2.28. The van der Waals surface area contributed by atoms with Crippen LogP contribution in [-0.2, 0) is 14.3 Å². The van der Waals surface area contributed by atoms with Crippen molar-refractivity contribution in [1.82, 2.24) is 4.90 Å². The van der Waals surface area contributed by atoms with E-state index in [1.54, 1.807) is 0 Å². The van der Waals surface area contributed by atoms with Crippen molar-refractivity contribution < 1.29 is 24.5 Å². The van der Waals surface area contributed by atoms with Crippen LogP contribution >= 0.6 is 0 Å². The predicted molar refractivity (Wildman–Crippen MR) is 57.4 cm³/mol. The molecule has 2 aliphatic rings. The Labute approximate surface area is 99.2 Å². The van der Waals surface area contributed by atoms with Gasteiger partial charge in [0.25, 0.3) is 5.91 Å². The summed E-state index contributed by atoms with van der Waals surface area (Å²) in [5.41, 5.74) is 0. The lowest BCUT2D eigenvalue weighted by Crippen LogP contribution is -2.47. The average Bonchev–Trinajstić information content (AvgIpc) is 2.72. The molecule has 1 unspecified atom stereocenters. The van der Waals surface area contributed by atoms with E-state index < -0.39 is 24.2 Å². The third kappa shape index (κ3) is 2.58. The van der Waals surface area contributed by atoms with E-state index in [9.17, 15) is 14.7 Å². The molecule has 6 heteroatoms. The number of amides is 1. The number of aliphatic hydroxyl groups is 1. The van der Waals surface area contributed by atoms with E-state index >= 15 is 0 Å². The summed E-state index contributed by atoms with van der Waals surface area (Å²) in [6.07, 6.45) is 1.32.